The van der Waals surface area contributed by atoms with Gasteiger partial charge in [0.2, 0.25) is 5.91 Å². The van der Waals surface area contributed by atoms with Crippen LogP contribution in [0.5, 0.6) is 0 Å². The first-order valence-electron chi connectivity index (χ1n) is 6.09. The van der Waals surface area contributed by atoms with Gasteiger partial charge in [-0.05, 0) is 30.3 Å². The van der Waals surface area contributed by atoms with E-state index < -0.39 is 0 Å². The summed E-state index contributed by atoms with van der Waals surface area (Å²) in [6, 6.07) is 9.09. The summed E-state index contributed by atoms with van der Waals surface area (Å²) in [6.07, 6.45) is 1.60. The molecule has 0 spiro atoms. The van der Waals surface area contributed by atoms with Crippen molar-refractivity contribution in [2.75, 3.05) is 19.0 Å². The van der Waals surface area contributed by atoms with Crippen molar-refractivity contribution in [3.05, 3.63) is 36.6 Å². The molecule has 0 radical (unpaired) electrons. The topological polar surface area (TPSA) is 80.2 Å². The molecule has 6 heteroatoms. The molecule has 0 saturated carbocycles. The van der Waals surface area contributed by atoms with Crippen LogP contribution in [0.2, 0.25) is 0 Å². The van der Waals surface area contributed by atoms with Gasteiger partial charge in [0.05, 0.1) is 17.3 Å². The van der Waals surface area contributed by atoms with Gasteiger partial charge in [0.1, 0.15) is 6.61 Å². The molecular weight excluding hydrogens is 258 g/mol. The van der Waals surface area contributed by atoms with Gasteiger partial charge in [-0.3, -0.25) is 4.79 Å². The van der Waals surface area contributed by atoms with Gasteiger partial charge in [-0.15, -0.1) is 0 Å². The monoisotopic (exact) mass is 271 g/mol. The molecule has 0 aliphatic heterocycles. The second-order valence-corrected chi connectivity index (χ2v) is 4.28. The highest BCUT2D eigenvalue weighted by molar-refractivity contribution is 5.94. The normalized spacial score (nSPS) is 10.8. The van der Waals surface area contributed by atoms with Crippen LogP contribution in [0.25, 0.3) is 22.6 Å². The number of imidazole rings is 1. The van der Waals surface area contributed by atoms with Crippen molar-refractivity contribution in [3.8, 4) is 11.6 Å². The smallest absolute Gasteiger partial charge is 0.250 e. The molecule has 0 aliphatic rings. The number of ether oxygens (including phenoxy) is 1. The maximum absolute atomic E-state index is 11.5. The number of fused-ring (bicyclic) bond motifs is 1. The summed E-state index contributed by atoms with van der Waals surface area (Å²) >= 11 is 0. The van der Waals surface area contributed by atoms with E-state index in [1.165, 1.54) is 7.11 Å². The van der Waals surface area contributed by atoms with E-state index in [1.807, 2.05) is 18.2 Å². The van der Waals surface area contributed by atoms with Crippen molar-refractivity contribution >= 4 is 22.6 Å². The van der Waals surface area contributed by atoms with Crippen LogP contribution in [0, 0.1) is 0 Å². The highest BCUT2D eigenvalue weighted by Gasteiger charge is 2.08. The molecule has 20 heavy (non-hydrogen) atoms. The number of hydrogen-bond donors (Lipinski definition) is 2. The summed E-state index contributed by atoms with van der Waals surface area (Å²) < 4.78 is 10.1. The van der Waals surface area contributed by atoms with Crippen molar-refractivity contribution in [2.24, 2.45) is 0 Å². The molecule has 1 aromatic carbocycles. The highest BCUT2D eigenvalue weighted by atomic mass is 16.5. The van der Waals surface area contributed by atoms with Gasteiger partial charge in [-0.1, -0.05) is 0 Å². The van der Waals surface area contributed by atoms with Crippen molar-refractivity contribution in [2.45, 2.75) is 0 Å². The number of nitrogens with zero attached hydrogens (tertiary/aromatic N) is 1. The molecule has 0 aliphatic carbocycles. The molecule has 6 nitrogen and oxygen atoms in total. The predicted octanol–water partition coefficient (Wildman–Crippen LogP) is 2.41. The van der Waals surface area contributed by atoms with Crippen LogP contribution in [0.1, 0.15) is 0 Å². The molecule has 3 aromatic rings. The Labute approximate surface area is 114 Å². The summed E-state index contributed by atoms with van der Waals surface area (Å²) in [5.74, 6) is 1.13. The molecule has 0 saturated heterocycles. The zero-order valence-electron chi connectivity index (χ0n) is 10.8. The Morgan fingerprint density at radius 2 is 2.35 bits per heavy atom. The van der Waals surface area contributed by atoms with E-state index in [4.69, 9.17) is 9.15 Å². The number of furan rings is 1. The number of nitrogens with one attached hydrogen (secondary N) is 2. The lowest BCUT2D eigenvalue weighted by atomic mass is 10.3. The quantitative estimate of drug-likeness (QED) is 0.763. The van der Waals surface area contributed by atoms with E-state index >= 15 is 0 Å². The Bertz CT molecular complexity index is 731. The molecule has 0 bridgehead atoms. The maximum atomic E-state index is 11.5. The number of aromatic nitrogens is 2. The molecule has 0 unspecified atom stereocenters. The third-order valence-electron chi connectivity index (χ3n) is 2.80. The molecular formula is C14H13N3O3. The van der Waals surface area contributed by atoms with Gasteiger partial charge in [0, 0.05) is 12.8 Å². The van der Waals surface area contributed by atoms with Gasteiger partial charge >= 0.3 is 0 Å². The lowest BCUT2D eigenvalue weighted by molar-refractivity contribution is -0.119. The van der Waals surface area contributed by atoms with Gasteiger partial charge in [0.15, 0.2) is 11.6 Å². The van der Waals surface area contributed by atoms with Crippen molar-refractivity contribution in [1.29, 1.82) is 0 Å². The molecule has 2 heterocycles. The SMILES string of the molecule is COCC(=O)Nc1ccc2nc(-c3ccco3)[nH]c2c1. The van der Waals surface area contributed by atoms with E-state index in [-0.39, 0.29) is 12.5 Å². The number of methoxy groups -OCH3 is 1. The third kappa shape index (κ3) is 2.41. The maximum Gasteiger partial charge on any atom is 0.250 e. The van der Waals surface area contributed by atoms with Crippen LogP contribution in [0.4, 0.5) is 5.69 Å². The van der Waals surface area contributed by atoms with Gasteiger partial charge < -0.3 is 19.5 Å². The van der Waals surface area contributed by atoms with Crippen LogP contribution in [0.3, 0.4) is 0 Å². The van der Waals surface area contributed by atoms with Crippen LogP contribution >= 0.6 is 0 Å². The highest BCUT2D eigenvalue weighted by Crippen LogP contribution is 2.23. The van der Waals surface area contributed by atoms with E-state index in [2.05, 4.69) is 15.3 Å². The third-order valence-corrected chi connectivity index (χ3v) is 2.80. The number of amides is 1. The molecule has 2 N–H and O–H groups in total. The number of carbonyl (C=O) groups excluding carboxylic acids is 1. The van der Waals surface area contributed by atoms with E-state index in [1.54, 1.807) is 18.4 Å². The fourth-order valence-electron chi connectivity index (χ4n) is 1.95. The molecule has 2 aromatic heterocycles. The zero-order valence-corrected chi connectivity index (χ0v) is 10.8. The lowest BCUT2D eigenvalue weighted by Gasteiger charge is -2.03. The lowest BCUT2D eigenvalue weighted by Crippen LogP contribution is -2.16. The largest absolute Gasteiger partial charge is 0.461 e. The summed E-state index contributed by atoms with van der Waals surface area (Å²) in [4.78, 5) is 19.0. The predicted molar refractivity (Wildman–Crippen MR) is 74.3 cm³/mol. The first kappa shape index (κ1) is 12.4. The number of carbonyl (C=O) groups is 1. The number of benzene rings is 1. The fraction of sp³-hybridized carbons (Fsp3) is 0.143. The summed E-state index contributed by atoms with van der Waals surface area (Å²) in [5.41, 5.74) is 2.32. The zero-order chi connectivity index (χ0) is 13.9. The van der Waals surface area contributed by atoms with Gasteiger partial charge in [-0.25, -0.2) is 4.98 Å². The standard InChI is InChI=1S/C14H13N3O3/c1-19-8-13(18)15-9-4-5-10-11(7-9)17-14(16-10)12-3-2-6-20-12/h2-7H,8H2,1H3,(H,15,18)(H,16,17). The van der Waals surface area contributed by atoms with Gasteiger partial charge in [-0.2, -0.15) is 0 Å². The minimum Gasteiger partial charge on any atom is -0.461 e. The molecule has 102 valence electrons. The minimum atomic E-state index is -0.197. The average Bonchev–Trinajstić information content (AvgIpc) is 3.07. The van der Waals surface area contributed by atoms with E-state index in [9.17, 15) is 4.79 Å². The Morgan fingerprint density at radius 3 is 3.10 bits per heavy atom. The molecule has 0 fully saturated rings. The number of H-pyrrole nitrogens is 1. The number of anilines is 1. The van der Waals surface area contributed by atoms with Crippen LogP contribution < -0.4 is 5.32 Å². The Balaban J connectivity index is 1.89. The first-order chi connectivity index (χ1) is 9.76. The fourth-order valence-corrected chi connectivity index (χ4v) is 1.95. The number of hydrogen-bond acceptors (Lipinski definition) is 4. The summed E-state index contributed by atoms with van der Waals surface area (Å²) in [7, 11) is 1.48. The van der Waals surface area contributed by atoms with Gasteiger partial charge in [0.25, 0.3) is 0 Å². The van der Waals surface area contributed by atoms with Crippen molar-refractivity contribution < 1.29 is 13.9 Å². The van der Waals surface area contributed by atoms with E-state index in [0.29, 0.717) is 17.3 Å². The first-order valence-corrected chi connectivity index (χ1v) is 6.09. The van der Waals surface area contributed by atoms with Crippen LogP contribution in [-0.4, -0.2) is 29.6 Å². The van der Waals surface area contributed by atoms with E-state index in [0.717, 1.165) is 11.0 Å². The average molecular weight is 271 g/mol. The molecule has 1 amide bonds. The van der Waals surface area contributed by atoms with Crippen molar-refractivity contribution in [1.82, 2.24) is 9.97 Å². The number of rotatable bonds is 4. The Hall–Kier alpha value is -2.60. The van der Waals surface area contributed by atoms with Crippen molar-refractivity contribution in [3.63, 3.8) is 0 Å². The molecule has 0 atom stereocenters. The Kier molecular flexibility index (Phi) is 3.22. The minimum absolute atomic E-state index is 0.0264. The summed E-state index contributed by atoms with van der Waals surface area (Å²) in [5, 5.41) is 2.74. The Morgan fingerprint density at radius 1 is 1.45 bits per heavy atom. The van der Waals surface area contributed by atoms with Crippen LogP contribution in [0.15, 0.2) is 41.0 Å². The van der Waals surface area contributed by atoms with Crippen LogP contribution in [-0.2, 0) is 9.53 Å². The second kappa shape index (κ2) is 5.18. The molecule has 3 rings (SSSR count). The summed E-state index contributed by atoms with van der Waals surface area (Å²) in [6.45, 7) is 0.0264. The number of aromatic amines is 1. The second-order valence-electron chi connectivity index (χ2n) is 4.28.